The van der Waals surface area contributed by atoms with Crippen molar-refractivity contribution in [3.8, 4) is 0 Å². The van der Waals surface area contributed by atoms with Gasteiger partial charge in [-0.3, -0.25) is 9.48 Å². The highest BCUT2D eigenvalue weighted by Crippen LogP contribution is 2.07. The Kier molecular flexibility index (Phi) is 4.00. The first-order valence-electron chi connectivity index (χ1n) is 7.06. The number of rotatable bonds is 5. The van der Waals surface area contributed by atoms with E-state index in [2.05, 4.69) is 15.4 Å². The SMILES string of the molecule is Cc1nccn1CC(=O)Nc1ccn(Cc2ccccc2)n1. The van der Waals surface area contributed by atoms with Crippen molar-refractivity contribution in [2.24, 2.45) is 0 Å². The van der Waals surface area contributed by atoms with Gasteiger partial charge in [-0.15, -0.1) is 0 Å². The maximum Gasteiger partial charge on any atom is 0.245 e. The summed E-state index contributed by atoms with van der Waals surface area (Å²) < 4.78 is 3.59. The van der Waals surface area contributed by atoms with Gasteiger partial charge in [-0.25, -0.2) is 4.98 Å². The molecule has 0 saturated heterocycles. The number of hydrogen-bond acceptors (Lipinski definition) is 3. The van der Waals surface area contributed by atoms with Crippen LogP contribution in [0.4, 0.5) is 5.82 Å². The number of anilines is 1. The first-order chi connectivity index (χ1) is 10.7. The van der Waals surface area contributed by atoms with Crippen molar-refractivity contribution in [1.29, 1.82) is 0 Å². The monoisotopic (exact) mass is 295 g/mol. The van der Waals surface area contributed by atoms with E-state index in [4.69, 9.17) is 0 Å². The molecule has 3 rings (SSSR count). The Hall–Kier alpha value is -2.89. The predicted molar refractivity (Wildman–Crippen MR) is 83.4 cm³/mol. The Balaban J connectivity index is 1.59. The Morgan fingerprint density at radius 1 is 1.18 bits per heavy atom. The lowest BCUT2D eigenvalue weighted by atomic mass is 10.2. The van der Waals surface area contributed by atoms with Crippen LogP contribution in [0.3, 0.4) is 0 Å². The van der Waals surface area contributed by atoms with Crippen molar-refractivity contribution in [2.45, 2.75) is 20.0 Å². The third kappa shape index (κ3) is 3.41. The van der Waals surface area contributed by atoms with E-state index in [9.17, 15) is 4.79 Å². The number of nitrogens with zero attached hydrogens (tertiary/aromatic N) is 4. The molecule has 1 amide bonds. The van der Waals surface area contributed by atoms with Gasteiger partial charge in [0.05, 0.1) is 6.54 Å². The first-order valence-corrected chi connectivity index (χ1v) is 7.06. The molecule has 0 spiro atoms. The fourth-order valence-corrected chi connectivity index (χ4v) is 2.19. The third-order valence-corrected chi connectivity index (χ3v) is 3.33. The van der Waals surface area contributed by atoms with E-state index < -0.39 is 0 Å². The second-order valence-corrected chi connectivity index (χ2v) is 5.03. The van der Waals surface area contributed by atoms with E-state index in [0.29, 0.717) is 12.4 Å². The quantitative estimate of drug-likeness (QED) is 0.783. The zero-order chi connectivity index (χ0) is 15.4. The van der Waals surface area contributed by atoms with E-state index in [1.807, 2.05) is 43.5 Å². The molecule has 0 aliphatic rings. The molecular weight excluding hydrogens is 278 g/mol. The van der Waals surface area contributed by atoms with Gasteiger partial charge in [0.1, 0.15) is 12.4 Å². The lowest BCUT2D eigenvalue weighted by Crippen LogP contribution is -2.19. The molecule has 2 aromatic heterocycles. The number of hydrogen-bond donors (Lipinski definition) is 1. The topological polar surface area (TPSA) is 64.7 Å². The minimum atomic E-state index is -0.119. The summed E-state index contributed by atoms with van der Waals surface area (Å²) in [5.74, 6) is 1.24. The number of amides is 1. The van der Waals surface area contributed by atoms with Crippen LogP contribution in [0.5, 0.6) is 0 Å². The van der Waals surface area contributed by atoms with Gasteiger partial charge in [-0.2, -0.15) is 5.10 Å². The molecule has 1 N–H and O–H groups in total. The molecule has 0 radical (unpaired) electrons. The average molecular weight is 295 g/mol. The molecule has 6 nitrogen and oxygen atoms in total. The third-order valence-electron chi connectivity index (χ3n) is 3.33. The summed E-state index contributed by atoms with van der Waals surface area (Å²) in [6, 6.07) is 11.9. The second kappa shape index (κ2) is 6.26. The van der Waals surface area contributed by atoms with Crippen LogP contribution >= 0.6 is 0 Å². The molecule has 0 aliphatic carbocycles. The molecule has 2 heterocycles. The Bertz CT molecular complexity index is 760. The fraction of sp³-hybridized carbons (Fsp3) is 0.188. The van der Waals surface area contributed by atoms with Gasteiger partial charge in [0, 0.05) is 24.7 Å². The minimum absolute atomic E-state index is 0.119. The minimum Gasteiger partial charge on any atom is -0.326 e. The molecule has 0 fully saturated rings. The molecule has 112 valence electrons. The molecule has 6 heteroatoms. The van der Waals surface area contributed by atoms with E-state index in [0.717, 1.165) is 11.4 Å². The maximum atomic E-state index is 12.0. The van der Waals surface area contributed by atoms with Crippen LogP contribution in [0.25, 0.3) is 0 Å². The second-order valence-electron chi connectivity index (χ2n) is 5.03. The first kappa shape index (κ1) is 14.1. The van der Waals surface area contributed by atoms with Crippen molar-refractivity contribution < 1.29 is 4.79 Å². The zero-order valence-electron chi connectivity index (χ0n) is 12.3. The van der Waals surface area contributed by atoms with Gasteiger partial charge in [0.2, 0.25) is 5.91 Å². The largest absolute Gasteiger partial charge is 0.326 e. The number of nitrogens with one attached hydrogen (secondary N) is 1. The number of benzene rings is 1. The van der Waals surface area contributed by atoms with E-state index >= 15 is 0 Å². The smallest absolute Gasteiger partial charge is 0.245 e. The summed E-state index contributed by atoms with van der Waals surface area (Å²) in [5, 5.41) is 7.15. The Labute approximate surface area is 128 Å². The summed E-state index contributed by atoms with van der Waals surface area (Å²) in [6.45, 7) is 2.77. The van der Waals surface area contributed by atoms with Gasteiger partial charge in [-0.05, 0) is 12.5 Å². The van der Waals surface area contributed by atoms with Crippen LogP contribution < -0.4 is 5.32 Å². The molecule has 0 aliphatic heterocycles. The van der Waals surface area contributed by atoms with Gasteiger partial charge >= 0.3 is 0 Å². The maximum absolute atomic E-state index is 12.0. The van der Waals surface area contributed by atoms with Crippen LogP contribution in [0.1, 0.15) is 11.4 Å². The van der Waals surface area contributed by atoms with Gasteiger partial charge in [0.15, 0.2) is 5.82 Å². The number of carbonyl (C=O) groups excluding carboxylic acids is 1. The fourth-order valence-electron chi connectivity index (χ4n) is 2.19. The lowest BCUT2D eigenvalue weighted by molar-refractivity contribution is -0.116. The van der Waals surface area contributed by atoms with Crippen molar-refractivity contribution in [2.75, 3.05) is 5.32 Å². The van der Waals surface area contributed by atoms with Crippen molar-refractivity contribution in [3.63, 3.8) is 0 Å². The molecule has 1 aromatic carbocycles. The molecule has 0 atom stereocenters. The van der Waals surface area contributed by atoms with E-state index in [-0.39, 0.29) is 12.5 Å². The molecular formula is C16H17N5O. The van der Waals surface area contributed by atoms with Crippen molar-refractivity contribution >= 4 is 11.7 Å². The standard InChI is InChI=1S/C16H17N5O/c1-13-17-8-10-20(13)12-16(22)18-15-7-9-21(19-15)11-14-5-3-2-4-6-14/h2-10H,11-12H2,1H3,(H,18,19,22). The summed E-state index contributed by atoms with van der Waals surface area (Å²) in [7, 11) is 0. The zero-order valence-corrected chi connectivity index (χ0v) is 12.3. The Morgan fingerprint density at radius 3 is 2.73 bits per heavy atom. The van der Waals surface area contributed by atoms with Gasteiger partial charge in [0.25, 0.3) is 0 Å². The molecule has 0 saturated carbocycles. The van der Waals surface area contributed by atoms with Crippen LogP contribution in [0.2, 0.25) is 0 Å². The van der Waals surface area contributed by atoms with Crippen LogP contribution in [0, 0.1) is 6.92 Å². The molecule has 0 unspecified atom stereocenters. The van der Waals surface area contributed by atoms with Gasteiger partial charge < -0.3 is 9.88 Å². The number of imidazole rings is 1. The van der Waals surface area contributed by atoms with E-state index in [1.54, 1.807) is 27.7 Å². The summed E-state index contributed by atoms with van der Waals surface area (Å²) in [5.41, 5.74) is 1.16. The highest BCUT2D eigenvalue weighted by Gasteiger charge is 2.07. The average Bonchev–Trinajstić information content (AvgIpc) is 3.10. The normalized spacial score (nSPS) is 10.6. The number of aromatic nitrogens is 4. The summed E-state index contributed by atoms with van der Waals surface area (Å²) in [6.07, 6.45) is 5.31. The number of aryl methyl sites for hydroxylation is 1. The highest BCUT2D eigenvalue weighted by molar-refractivity contribution is 5.89. The predicted octanol–water partition coefficient (Wildman–Crippen LogP) is 2.08. The van der Waals surface area contributed by atoms with Crippen molar-refractivity contribution in [3.05, 3.63) is 66.4 Å². The van der Waals surface area contributed by atoms with Gasteiger partial charge in [-0.1, -0.05) is 30.3 Å². The Morgan fingerprint density at radius 2 is 2.00 bits per heavy atom. The number of carbonyl (C=O) groups is 1. The molecule has 22 heavy (non-hydrogen) atoms. The lowest BCUT2D eigenvalue weighted by Gasteiger charge is -2.05. The molecule has 0 bridgehead atoms. The van der Waals surface area contributed by atoms with Crippen LogP contribution in [-0.2, 0) is 17.9 Å². The van der Waals surface area contributed by atoms with Crippen LogP contribution in [-0.4, -0.2) is 25.2 Å². The van der Waals surface area contributed by atoms with Crippen LogP contribution in [0.15, 0.2) is 55.0 Å². The highest BCUT2D eigenvalue weighted by atomic mass is 16.2. The van der Waals surface area contributed by atoms with E-state index in [1.165, 1.54) is 0 Å². The molecule has 3 aromatic rings. The summed E-state index contributed by atoms with van der Waals surface area (Å²) >= 11 is 0. The van der Waals surface area contributed by atoms with Crippen molar-refractivity contribution in [1.82, 2.24) is 19.3 Å². The summed E-state index contributed by atoms with van der Waals surface area (Å²) in [4.78, 5) is 16.1.